The molecule has 0 saturated carbocycles. The number of hydrogen-bond donors (Lipinski definition) is 0. The van der Waals surface area contributed by atoms with Gasteiger partial charge in [0, 0.05) is 19.7 Å². The van der Waals surface area contributed by atoms with Crippen LogP contribution >= 0.6 is 0 Å². The number of halogens is 1. The summed E-state index contributed by atoms with van der Waals surface area (Å²) >= 11 is 0. The van der Waals surface area contributed by atoms with Gasteiger partial charge in [0.15, 0.2) is 0 Å². The summed E-state index contributed by atoms with van der Waals surface area (Å²) in [6.07, 6.45) is 0.597. The molecule has 21 heavy (non-hydrogen) atoms. The third kappa shape index (κ3) is 3.79. The highest BCUT2D eigenvalue weighted by molar-refractivity contribution is 7.89. The average molecular weight is 314 g/mol. The quantitative estimate of drug-likeness (QED) is 0.773. The summed E-state index contributed by atoms with van der Waals surface area (Å²) in [6, 6.07) is 4.95. The predicted octanol–water partition coefficient (Wildman–Crippen LogP) is 2.13. The predicted molar refractivity (Wildman–Crippen MR) is 76.6 cm³/mol. The van der Waals surface area contributed by atoms with Gasteiger partial charge in [-0.25, -0.2) is 12.8 Å². The molecule has 0 aliphatic heterocycles. The van der Waals surface area contributed by atoms with E-state index in [9.17, 15) is 12.8 Å². The van der Waals surface area contributed by atoms with Crippen LogP contribution in [0.15, 0.2) is 23.1 Å². The van der Waals surface area contributed by atoms with E-state index >= 15 is 0 Å². The van der Waals surface area contributed by atoms with Gasteiger partial charge in [-0.15, -0.1) is 0 Å². The lowest BCUT2D eigenvalue weighted by Crippen LogP contribution is -2.40. The van der Waals surface area contributed by atoms with Gasteiger partial charge < -0.3 is 4.74 Å². The summed E-state index contributed by atoms with van der Waals surface area (Å²) in [4.78, 5) is -0.304. The van der Waals surface area contributed by atoms with Crippen molar-refractivity contribution in [1.82, 2.24) is 4.31 Å². The molecule has 0 heterocycles. The van der Waals surface area contributed by atoms with E-state index in [1.54, 1.807) is 13.0 Å². The maximum atomic E-state index is 13.6. The molecule has 7 heteroatoms. The second kappa shape index (κ2) is 7.50. The summed E-state index contributed by atoms with van der Waals surface area (Å²) in [7, 11) is -2.48. The number of methoxy groups -OCH3 is 1. The van der Waals surface area contributed by atoms with Gasteiger partial charge in [-0.2, -0.15) is 9.57 Å². The first-order valence-corrected chi connectivity index (χ1v) is 8.03. The molecule has 5 nitrogen and oxygen atoms in total. The molecule has 1 atom stereocenters. The van der Waals surface area contributed by atoms with Crippen LogP contribution in [-0.2, 0) is 14.8 Å². The van der Waals surface area contributed by atoms with Gasteiger partial charge in [-0.1, -0.05) is 13.0 Å². The molecule has 0 aromatic heterocycles. The van der Waals surface area contributed by atoms with E-state index in [4.69, 9.17) is 10.00 Å². The molecule has 1 rings (SSSR count). The zero-order valence-corrected chi connectivity index (χ0v) is 13.2. The lowest BCUT2D eigenvalue weighted by Gasteiger charge is -2.27. The van der Waals surface area contributed by atoms with Crippen LogP contribution < -0.4 is 0 Å². The Morgan fingerprint density at radius 3 is 2.67 bits per heavy atom. The van der Waals surface area contributed by atoms with Crippen LogP contribution in [0.25, 0.3) is 0 Å². The van der Waals surface area contributed by atoms with Crippen molar-refractivity contribution in [3.05, 3.63) is 29.6 Å². The van der Waals surface area contributed by atoms with Crippen molar-refractivity contribution in [1.29, 1.82) is 5.26 Å². The van der Waals surface area contributed by atoms with Gasteiger partial charge in [-0.3, -0.25) is 0 Å². The van der Waals surface area contributed by atoms with E-state index in [0.717, 1.165) is 6.07 Å². The van der Waals surface area contributed by atoms with Crippen molar-refractivity contribution < 1.29 is 17.5 Å². The first-order valence-electron chi connectivity index (χ1n) is 6.59. The Labute approximate surface area is 125 Å². The Bertz CT molecular complexity index is 626. The molecule has 0 fully saturated rings. The zero-order chi connectivity index (χ0) is 16.0. The molecule has 116 valence electrons. The van der Waals surface area contributed by atoms with Gasteiger partial charge >= 0.3 is 0 Å². The van der Waals surface area contributed by atoms with Crippen molar-refractivity contribution in [3.8, 4) is 6.07 Å². The van der Waals surface area contributed by atoms with Crippen LogP contribution in [0.2, 0.25) is 0 Å². The number of rotatable bonds is 7. The van der Waals surface area contributed by atoms with Gasteiger partial charge in [0.05, 0.1) is 6.61 Å². The third-order valence-corrected chi connectivity index (χ3v) is 5.33. The number of nitrogens with zero attached hydrogens (tertiary/aromatic N) is 2. The van der Waals surface area contributed by atoms with Crippen molar-refractivity contribution in [2.24, 2.45) is 0 Å². The monoisotopic (exact) mass is 314 g/mol. The molecule has 0 aliphatic carbocycles. The van der Waals surface area contributed by atoms with Crippen molar-refractivity contribution in [3.63, 3.8) is 0 Å². The molecular formula is C14H19FN2O3S. The number of nitriles is 1. The summed E-state index contributed by atoms with van der Waals surface area (Å²) in [6.45, 7) is 3.99. The lowest BCUT2D eigenvalue weighted by molar-refractivity contribution is 0.167. The molecule has 0 spiro atoms. The van der Waals surface area contributed by atoms with Crippen molar-refractivity contribution in [2.75, 3.05) is 20.3 Å². The van der Waals surface area contributed by atoms with E-state index in [-0.39, 0.29) is 24.1 Å². The third-order valence-electron chi connectivity index (χ3n) is 3.27. The topological polar surface area (TPSA) is 70.4 Å². The van der Waals surface area contributed by atoms with Crippen LogP contribution in [0.1, 0.15) is 25.8 Å². The summed E-state index contributed by atoms with van der Waals surface area (Å²) in [5, 5.41) is 9.02. The van der Waals surface area contributed by atoms with Crippen LogP contribution in [0.4, 0.5) is 4.39 Å². The Balaban J connectivity index is 3.36. The maximum absolute atomic E-state index is 13.6. The van der Waals surface area contributed by atoms with Crippen molar-refractivity contribution >= 4 is 10.0 Å². The Morgan fingerprint density at radius 1 is 1.48 bits per heavy atom. The highest BCUT2D eigenvalue weighted by Crippen LogP contribution is 2.24. The minimum atomic E-state index is -3.96. The number of benzene rings is 1. The number of hydrogen-bond acceptors (Lipinski definition) is 4. The molecule has 0 amide bonds. The molecule has 0 saturated heterocycles. The van der Waals surface area contributed by atoms with Crippen LogP contribution in [0, 0.1) is 17.1 Å². The highest BCUT2D eigenvalue weighted by Gasteiger charge is 2.31. The highest BCUT2D eigenvalue weighted by atomic mass is 32.2. The van der Waals surface area contributed by atoms with E-state index in [2.05, 4.69) is 0 Å². The van der Waals surface area contributed by atoms with Crippen LogP contribution in [0.3, 0.4) is 0 Å². The minimum absolute atomic E-state index is 0.148. The molecule has 1 unspecified atom stereocenters. The summed E-state index contributed by atoms with van der Waals surface area (Å²) in [5.74, 6) is -0.839. The number of ether oxygens (including phenoxy) is 1. The smallest absolute Gasteiger partial charge is 0.244 e. The maximum Gasteiger partial charge on any atom is 0.244 e. The fraction of sp³-hybridized carbons (Fsp3) is 0.500. The molecule has 1 aromatic carbocycles. The zero-order valence-electron chi connectivity index (χ0n) is 12.3. The van der Waals surface area contributed by atoms with Gasteiger partial charge in [0.25, 0.3) is 0 Å². The molecule has 1 aromatic rings. The van der Waals surface area contributed by atoms with Crippen LogP contribution in [0.5, 0.6) is 0 Å². The molecule has 0 bridgehead atoms. The molecular weight excluding hydrogens is 295 g/mol. The normalized spacial score (nSPS) is 13.1. The SMILES string of the molecule is CCC(C)N(CCOC)S(=O)(=O)c1cccc(F)c1C#N. The van der Waals surface area contributed by atoms with Gasteiger partial charge in [-0.05, 0) is 25.5 Å². The summed E-state index contributed by atoms with van der Waals surface area (Å²) < 4.78 is 45.3. The molecule has 0 radical (unpaired) electrons. The fourth-order valence-corrected chi connectivity index (χ4v) is 3.76. The van der Waals surface area contributed by atoms with E-state index < -0.39 is 21.4 Å². The Kier molecular flexibility index (Phi) is 6.27. The second-order valence-electron chi connectivity index (χ2n) is 4.59. The first-order chi connectivity index (χ1) is 9.89. The molecule has 0 aliphatic rings. The van der Waals surface area contributed by atoms with E-state index in [1.165, 1.54) is 23.5 Å². The Morgan fingerprint density at radius 2 is 2.14 bits per heavy atom. The van der Waals surface area contributed by atoms with Crippen LogP contribution in [-0.4, -0.2) is 39.0 Å². The fourth-order valence-electron chi connectivity index (χ4n) is 1.92. The molecule has 0 N–H and O–H groups in total. The van der Waals surface area contributed by atoms with Gasteiger partial charge in [0.1, 0.15) is 22.3 Å². The average Bonchev–Trinajstić information content (AvgIpc) is 2.46. The largest absolute Gasteiger partial charge is 0.383 e. The number of sulfonamides is 1. The standard InChI is InChI=1S/C14H19FN2O3S/c1-4-11(2)17(8-9-20-3)21(18,19)14-7-5-6-13(15)12(14)10-16/h5-7,11H,4,8-9H2,1-3H3. The van der Waals surface area contributed by atoms with E-state index in [1.807, 2.05) is 6.92 Å². The van der Waals surface area contributed by atoms with Gasteiger partial charge in [0.2, 0.25) is 10.0 Å². The van der Waals surface area contributed by atoms with Crippen molar-refractivity contribution in [2.45, 2.75) is 31.2 Å². The minimum Gasteiger partial charge on any atom is -0.383 e. The second-order valence-corrected chi connectivity index (χ2v) is 6.45. The van der Waals surface area contributed by atoms with E-state index in [0.29, 0.717) is 6.42 Å². The summed E-state index contributed by atoms with van der Waals surface area (Å²) in [5.41, 5.74) is -0.455. The lowest BCUT2D eigenvalue weighted by atomic mass is 10.2. The first kappa shape index (κ1) is 17.6. The Hall–Kier alpha value is -1.49.